The van der Waals surface area contributed by atoms with Gasteiger partial charge in [-0.1, -0.05) is 12.8 Å². The van der Waals surface area contributed by atoms with Gasteiger partial charge in [0.2, 0.25) is 0 Å². The molecule has 0 N–H and O–H groups in total. The Bertz CT molecular complexity index is 163. The van der Waals surface area contributed by atoms with E-state index in [2.05, 4.69) is 5.92 Å². The highest BCUT2D eigenvalue weighted by atomic mass is 32.2. The summed E-state index contributed by atoms with van der Waals surface area (Å²) in [5.74, 6) is 5.88. The Morgan fingerprint density at radius 2 is 2.08 bits per heavy atom. The topological polar surface area (TPSA) is 0 Å². The summed E-state index contributed by atoms with van der Waals surface area (Å²) < 4.78 is 34.3. The molecule has 69 valence electrons. The summed E-state index contributed by atoms with van der Waals surface area (Å²) in [6.07, 6.45) is -3.11. The summed E-state index contributed by atoms with van der Waals surface area (Å²) in [7, 11) is 0. The first-order valence-corrected chi connectivity index (χ1v) is 4.61. The maximum absolute atomic E-state index is 11.4. The van der Waals surface area contributed by atoms with Gasteiger partial charge >= 0.3 is 6.18 Å². The van der Waals surface area contributed by atoms with Crippen LogP contribution < -0.4 is 0 Å². The SMILES string of the molecule is CC[CH]SCCC#CC(F)(F)F. The van der Waals surface area contributed by atoms with Crippen molar-refractivity contribution in [2.24, 2.45) is 0 Å². The van der Waals surface area contributed by atoms with E-state index < -0.39 is 6.18 Å². The van der Waals surface area contributed by atoms with Crippen molar-refractivity contribution < 1.29 is 13.2 Å². The zero-order valence-electron chi connectivity index (χ0n) is 6.74. The minimum atomic E-state index is -4.33. The van der Waals surface area contributed by atoms with Gasteiger partial charge in [0.05, 0.1) is 0 Å². The van der Waals surface area contributed by atoms with Crippen LogP contribution in [0.1, 0.15) is 19.8 Å². The van der Waals surface area contributed by atoms with Crippen LogP contribution in [-0.4, -0.2) is 11.9 Å². The highest BCUT2D eigenvalue weighted by Crippen LogP contribution is 2.13. The molecule has 0 amide bonds. The Labute approximate surface area is 74.9 Å². The number of halogens is 3. The van der Waals surface area contributed by atoms with Crippen LogP contribution in [0.25, 0.3) is 0 Å². The molecule has 12 heavy (non-hydrogen) atoms. The quantitative estimate of drug-likeness (QED) is 0.490. The van der Waals surface area contributed by atoms with Crippen molar-refractivity contribution in [3.63, 3.8) is 0 Å². The fourth-order valence-electron chi connectivity index (χ4n) is 0.474. The van der Waals surface area contributed by atoms with E-state index in [1.54, 1.807) is 0 Å². The van der Waals surface area contributed by atoms with Gasteiger partial charge in [0.1, 0.15) is 0 Å². The smallest absolute Gasteiger partial charge is 0.159 e. The predicted octanol–water partition coefficient (Wildman–Crippen LogP) is 3.25. The van der Waals surface area contributed by atoms with Gasteiger partial charge in [-0.05, 0) is 6.42 Å². The highest BCUT2D eigenvalue weighted by Gasteiger charge is 2.22. The Kier molecular flexibility index (Phi) is 6.09. The molecule has 0 saturated carbocycles. The Morgan fingerprint density at radius 1 is 1.42 bits per heavy atom. The van der Waals surface area contributed by atoms with Gasteiger partial charge in [0.15, 0.2) is 0 Å². The maximum Gasteiger partial charge on any atom is 0.457 e. The molecule has 0 aromatic carbocycles. The van der Waals surface area contributed by atoms with E-state index >= 15 is 0 Å². The molecule has 0 aromatic heterocycles. The van der Waals surface area contributed by atoms with Crippen LogP contribution in [0.4, 0.5) is 13.2 Å². The van der Waals surface area contributed by atoms with Crippen molar-refractivity contribution >= 4 is 11.8 Å². The van der Waals surface area contributed by atoms with Crippen molar-refractivity contribution in [1.29, 1.82) is 0 Å². The minimum absolute atomic E-state index is 0.292. The average Bonchev–Trinajstić information content (AvgIpc) is 1.94. The largest absolute Gasteiger partial charge is 0.457 e. The van der Waals surface area contributed by atoms with Crippen molar-refractivity contribution in [1.82, 2.24) is 0 Å². The van der Waals surface area contributed by atoms with E-state index in [4.69, 9.17) is 0 Å². The molecule has 0 nitrogen and oxygen atoms in total. The first-order chi connectivity index (χ1) is 5.56. The molecule has 0 aromatic rings. The summed E-state index contributed by atoms with van der Waals surface area (Å²) in [4.78, 5) is 0. The third-order valence-corrected chi connectivity index (χ3v) is 1.87. The average molecular weight is 195 g/mol. The molecule has 4 heteroatoms. The van der Waals surface area contributed by atoms with Gasteiger partial charge in [-0.25, -0.2) is 0 Å². The fraction of sp³-hybridized carbons (Fsp3) is 0.625. The Hall–Kier alpha value is -0.300. The second kappa shape index (κ2) is 6.24. The second-order valence-corrected chi connectivity index (χ2v) is 3.07. The van der Waals surface area contributed by atoms with Crippen LogP contribution in [0.15, 0.2) is 0 Å². The molecule has 0 aliphatic carbocycles. The van der Waals surface area contributed by atoms with Gasteiger partial charge in [0.25, 0.3) is 0 Å². The summed E-state index contributed by atoms with van der Waals surface area (Å²) in [6, 6.07) is 0. The molecular formula is C8H10F3S. The Morgan fingerprint density at radius 3 is 2.58 bits per heavy atom. The predicted molar refractivity (Wildman–Crippen MR) is 45.5 cm³/mol. The van der Waals surface area contributed by atoms with E-state index in [1.807, 2.05) is 12.7 Å². The molecule has 0 atom stereocenters. The zero-order chi connectivity index (χ0) is 9.45. The number of alkyl halides is 3. The molecule has 0 spiro atoms. The van der Waals surface area contributed by atoms with E-state index in [0.29, 0.717) is 12.2 Å². The summed E-state index contributed by atoms with van der Waals surface area (Å²) >= 11 is 1.51. The molecule has 0 bridgehead atoms. The summed E-state index contributed by atoms with van der Waals surface area (Å²) in [5.41, 5.74) is 0. The van der Waals surface area contributed by atoms with Gasteiger partial charge in [-0.3, -0.25) is 0 Å². The lowest BCUT2D eigenvalue weighted by atomic mass is 10.4. The van der Waals surface area contributed by atoms with Crippen LogP contribution in [0.2, 0.25) is 0 Å². The van der Waals surface area contributed by atoms with Gasteiger partial charge in [0, 0.05) is 23.8 Å². The lowest BCUT2D eigenvalue weighted by molar-refractivity contribution is -0.0697. The monoisotopic (exact) mass is 195 g/mol. The van der Waals surface area contributed by atoms with Crippen molar-refractivity contribution in [3.05, 3.63) is 5.75 Å². The maximum atomic E-state index is 11.4. The van der Waals surface area contributed by atoms with Crippen molar-refractivity contribution in [2.75, 3.05) is 5.75 Å². The van der Waals surface area contributed by atoms with E-state index in [9.17, 15) is 13.2 Å². The first-order valence-electron chi connectivity index (χ1n) is 3.56. The van der Waals surface area contributed by atoms with Crippen molar-refractivity contribution in [3.8, 4) is 11.8 Å². The van der Waals surface area contributed by atoms with Gasteiger partial charge in [-0.15, -0.1) is 0 Å². The molecule has 1 radical (unpaired) electrons. The second-order valence-electron chi connectivity index (χ2n) is 2.00. The highest BCUT2D eigenvalue weighted by molar-refractivity contribution is 8.01. The fourth-order valence-corrected chi connectivity index (χ4v) is 1.10. The van der Waals surface area contributed by atoms with Crippen LogP contribution in [-0.2, 0) is 0 Å². The molecular weight excluding hydrogens is 185 g/mol. The number of thioether (sulfide) groups is 1. The minimum Gasteiger partial charge on any atom is -0.159 e. The Balaban J connectivity index is 3.34. The molecule has 0 saturated heterocycles. The molecule has 0 aliphatic heterocycles. The third kappa shape index (κ3) is 9.70. The zero-order valence-corrected chi connectivity index (χ0v) is 7.56. The van der Waals surface area contributed by atoms with E-state index in [0.717, 1.165) is 6.42 Å². The van der Waals surface area contributed by atoms with Gasteiger partial charge in [-0.2, -0.15) is 24.9 Å². The number of rotatable bonds is 4. The van der Waals surface area contributed by atoms with E-state index in [-0.39, 0.29) is 0 Å². The summed E-state index contributed by atoms with van der Waals surface area (Å²) in [5, 5.41) is 0. The van der Waals surface area contributed by atoms with Crippen LogP contribution in [0, 0.1) is 17.6 Å². The number of hydrogen-bond donors (Lipinski definition) is 0. The van der Waals surface area contributed by atoms with Crippen LogP contribution in [0.3, 0.4) is 0 Å². The van der Waals surface area contributed by atoms with E-state index in [1.165, 1.54) is 17.7 Å². The normalized spacial score (nSPS) is 10.7. The molecule has 0 rings (SSSR count). The van der Waals surface area contributed by atoms with Crippen LogP contribution in [0.5, 0.6) is 0 Å². The van der Waals surface area contributed by atoms with Crippen LogP contribution >= 0.6 is 11.8 Å². The molecule has 0 unspecified atom stereocenters. The number of hydrogen-bond acceptors (Lipinski definition) is 1. The van der Waals surface area contributed by atoms with Gasteiger partial charge < -0.3 is 0 Å². The first kappa shape index (κ1) is 11.7. The third-order valence-electron chi connectivity index (χ3n) is 0.860. The lowest BCUT2D eigenvalue weighted by Gasteiger charge is -1.93. The van der Waals surface area contributed by atoms with Crippen molar-refractivity contribution in [2.45, 2.75) is 25.9 Å². The standard InChI is InChI=1S/C8H10F3S/c1-2-6-12-7-4-3-5-8(9,10)11/h6H,2,4,7H2,1H3. The molecule has 0 heterocycles. The molecule has 0 aliphatic rings. The lowest BCUT2D eigenvalue weighted by Crippen LogP contribution is -2.01. The molecule has 0 fully saturated rings. The summed E-state index contributed by atoms with van der Waals surface area (Å²) in [6.45, 7) is 1.98.